The summed E-state index contributed by atoms with van der Waals surface area (Å²) in [7, 11) is 0. The first-order chi connectivity index (χ1) is 19.8. The highest BCUT2D eigenvalue weighted by atomic mass is 16.5. The molecule has 2 amide bonds. The van der Waals surface area contributed by atoms with Crippen LogP contribution in [0.1, 0.15) is 37.8 Å². The molecular weight excluding hydrogens is 526 g/mol. The average Bonchev–Trinajstić information content (AvgIpc) is 3.71. The summed E-state index contributed by atoms with van der Waals surface area (Å²) in [6.07, 6.45) is 2.77. The van der Waals surface area contributed by atoms with Crippen molar-refractivity contribution in [3.8, 4) is 0 Å². The van der Waals surface area contributed by atoms with E-state index in [0.717, 1.165) is 5.52 Å². The molecule has 3 aliphatic heterocycles. The van der Waals surface area contributed by atoms with Gasteiger partial charge in [0.2, 0.25) is 11.8 Å². The lowest BCUT2D eigenvalue weighted by atomic mass is 9.65. The number of carboxylic acid groups (broad SMARTS) is 1. The summed E-state index contributed by atoms with van der Waals surface area (Å²) in [5, 5.41) is 29.4. The second kappa shape index (κ2) is 10.1. The fourth-order valence-corrected chi connectivity index (χ4v) is 7.41. The Balaban J connectivity index is 1.47. The van der Waals surface area contributed by atoms with Gasteiger partial charge in [-0.05, 0) is 37.0 Å². The van der Waals surface area contributed by atoms with E-state index in [1.54, 1.807) is 35.0 Å². The summed E-state index contributed by atoms with van der Waals surface area (Å²) in [6.45, 7) is 5.41. The van der Waals surface area contributed by atoms with Crippen molar-refractivity contribution in [1.29, 1.82) is 0 Å². The fraction of sp³-hybridized carbons (Fsp3) is 0.433. The van der Waals surface area contributed by atoms with Crippen molar-refractivity contribution in [3.63, 3.8) is 0 Å². The maximum atomic E-state index is 14.7. The highest BCUT2D eigenvalue weighted by molar-refractivity contribution is 5.98. The standard InChI is InChI=1S/C30H33N5O6/c1-3-16-33(18-34-21-13-9-8-12-20(21)31-32-34)27(38)25-30-15-14-29(4-2,41-30)24(28(39)40)23(30)26(37)35(25)22(17-36)19-10-6-5-7-11-19/h3,5-13,22-25,36H,1,4,14-18H2,2H3,(H,39,40)/t22-,23+,24-,25?,29+,30?/m1/s1. The van der Waals surface area contributed by atoms with Crippen LogP contribution in [0.2, 0.25) is 0 Å². The summed E-state index contributed by atoms with van der Waals surface area (Å²) < 4.78 is 8.27. The first kappa shape index (κ1) is 27.1. The van der Waals surface area contributed by atoms with Gasteiger partial charge in [0.05, 0.1) is 29.7 Å². The van der Waals surface area contributed by atoms with Crippen LogP contribution in [0.3, 0.4) is 0 Å². The highest BCUT2D eigenvalue weighted by Crippen LogP contribution is 2.65. The van der Waals surface area contributed by atoms with Crippen molar-refractivity contribution in [2.75, 3.05) is 13.2 Å². The van der Waals surface area contributed by atoms with Crippen LogP contribution in [0.5, 0.6) is 0 Å². The minimum Gasteiger partial charge on any atom is -0.481 e. The molecule has 11 nitrogen and oxygen atoms in total. The third-order valence-electron chi connectivity index (χ3n) is 9.20. The number of aliphatic carboxylic acids is 1. The Morgan fingerprint density at radius 1 is 1.20 bits per heavy atom. The Kier molecular flexibility index (Phi) is 6.66. The molecule has 11 heteroatoms. The second-order valence-corrected chi connectivity index (χ2v) is 11.1. The molecule has 3 aliphatic rings. The van der Waals surface area contributed by atoms with Gasteiger partial charge in [0.15, 0.2) is 0 Å². The summed E-state index contributed by atoms with van der Waals surface area (Å²) in [6, 6.07) is 14.3. The average molecular weight is 560 g/mol. The molecule has 6 rings (SSSR count). The predicted octanol–water partition coefficient (Wildman–Crippen LogP) is 2.38. The Labute approximate surface area is 237 Å². The van der Waals surface area contributed by atoms with E-state index in [4.69, 9.17) is 4.74 Å². The van der Waals surface area contributed by atoms with Crippen molar-refractivity contribution < 1.29 is 29.3 Å². The van der Waals surface area contributed by atoms with E-state index in [9.17, 15) is 24.6 Å². The van der Waals surface area contributed by atoms with Crippen molar-refractivity contribution in [1.82, 2.24) is 24.8 Å². The maximum absolute atomic E-state index is 14.7. The minimum absolute atomic E-state index is 0.0288. The Morgan fingerprint density at radius 3 is 2.61 bits per heavy atom. The number of aliphatic hydroxyl groups is 1. The number of carboxylic acids is 1. The first-order valence-corrected chi connectivity index (χ1v) is 13.9. The molecular formula is C30H33N5O6. The predicted molar refractivity (Wildman–Crippen MR) is 147 cm³/mol. The summed E-state index contributed by atoms with van der Waals surface area (Å²) in [5.74, 6) is -4.18. The molecule has 1 aromatic heterocycles. The number of likely N-dealkylation sites (tertiary alicyclic amines) is 1. The lowest BCUT2D eigenvalue weighted by molar-refractivity contribution is -0.161. The van der Waals surface area contributed by atoms with E-state index in [-0.39, 0.29) is 13.2 Å². The zero-order valence-corrected chi connectivity index (χ0v) is 22.8. The number of rotatable bonds is 10. The summed E-state index contributed by atoms with van der Waals surface area (Å²) >= 11 is 0. The van der Waals surface area contributed by atoms with Crippen LogP contribution in [-0.2, 0) is 25.8 Å². The maximum Gasteiger partial charge on any atom is 0.310 e. The molecule has 6 atom stereocenters. The molecule has 2 bridgehead atoms. The van der Waals surface area contributed by atoms with Crippen LogP contribution < -0.4 is 0 Å². The number of fused-ring (bicyclic) bond motifs is 2. The number of hydrogen-bond acceptors (Lipinski definition) is 7. The van der Waals surface area contributed by atoms with E-state index in [1.165, 1.54) is 9.80 Å². The molecule has 2 unspecified atom stereocenters. The smallest absolute Gasteiger partial charge is 0.310 e. The Bertz CT molecular complexity index is 1510. The molecule has 3 aromatic rings. The topological polar surface area (TPSA) is 138 Å². The SMILES string of the molecule is C=CCN(Cn1nnc2ccccc21)C(=O)C1N([C@H](CO)c2ccccc2)C(=O)[C@@H]2[C@H](C(=O)O)[C@]3(CC)CCC12O3. The number of amides is 2. The van der Waals surface area contributed by atoms with E-state index < -0.39 is 59.5 Å². The highest BCUT2D eigenvalue weighted by Gasteiger charge is 2.79. The number of para-hydroxylation sites is 1. The number of benzene rings is 2. The van der Waals surface area contributed by atoms with Crippen LogP contribution in [-0.4, -0.2) is 83.2 Å². The molecule has 41 heavy (non-hydrogen) atoms. The number of carbonyl (C=O) groups excluding carboxylic acids is 2. The zero-order valence-electron chi connectivity index (χ0n) is 22.8. The van der Waals surface area contributed by atoms with Crippen LogP contribution in [0, 0.1) is 11.8 Å². The summed E-state index contributed by atoms with van der Waals surface area (Å²) in [4.78, 5) is 44.7. The van der Waals surface area contributed by atoms with Gasteiger partial charge in [0, 0.05) is 6.54 Å². The molecule has 3 fully saturated rings. The molecule has 0 radical (unpaired) electrons. The number of ether oxygens (including phenoxy) is 1. The molecule has 1 spiro atoms. The molecule has 2 aromatic carbocycles. The van der Waals surface area contributed by atoms with Gasteiger partial charge in [-0.25, -0.2) is 4.68 Å². The lowest BCUT2D eigenvalue weighted by Crippen LogP contribution is -2.57. The van der Waals surface area contributed by atoms with Crippen molar-refractivity contribution in [2.24, 2.45) is 11.8 Å². The van der Waals surface area contributed by atoms with Gasteiger partial charge >= 0.3 is 5.97 Å². The monoisotopic (exact) mass is 559 g/mol. The van der Waals surface area contributed by atoms with Gasteiger partial charge in [-0.15, -0.1) is 11.7 Å². The van der Waals surface area contributed by atoms with Crippen LogP contribution >= 0.6 is 0 Å². The number of aliphatic hydroxyl groups excluding tert-OH is 1. The van der Waals surface area contributed by atoms with Gasteiger partial charge in [0.25, 0.3) is 0 Å². The molecule has 0 saturated carbocycles. The largest absolute Gasteiger partial charge is 0.481 e. The molecule has 3 saturated heterocycles. The Morgan fingerprint density at radius 2 is 1.93 bits per heavy atom. The van der Waals surface area contributed by atoms with Crippen LogP contribution in [0.25, 0.3) is 11.0 Å². The number of hydrogen-bond donors (Lipinski definition) is 2. The third kappa shape index (κ3) is 3.90. The van der Waals surface area contributed by atoms with E-state index in [2.05, 4.69) is 16.9 Å². The number of nitrogens with zero attached hydrogens (tertiary/aromatic N) is 5. The quantitative estimate of drug-likeness (QED) is 0.361. The number of carbonyl (C=O) groups is 3. The molecule has 0 aliphatic carbocycles. The normalized spacial score (nSPS) is 29.1. The van der Waals surface area contributed by atoms with Gasteiger partial charge in [0.1, 0.15) is 29.7 Å². The van der Waals surface area contributed by atoms with Crippen molar-refractivity contribution >= 4 is 28.8 Å². The molecule has 214 valence electrons. The second-order valence-electron chi connectivity index (χ2n) is 11.1. The van der Waals surface area contributed by atoms with Gasteiger partial charge in [-0.2, -0.15) is 0 Å². The van der Waals surface area contributed by atoms with E-state index >= 15 is 0 Å². The van der Waals surface area contributed by atoms with Gasteiger partial charge in [-0.1, -0.05) is 60.7 Å². The third-order valence-corrected chi connectivity index (χ3v) is 9.20. The minimum atomic E-state index is -1.35. The molecule has 2 N–H and O–H groups in total. The first-order valence-electron chi connectivity index (χ1n) is 13.9. The van der Waals surface area contributed by atoms with E-state index in [1.807, 2.05) is 37.3 Å². The van der Waals surface area contributed by atoms with Crippen molar-refractivity contribution in [2.45, 2.75) is 56.1 Å². The van der Waals surface area contributed by atoms with Gasteiger partial charge < -0.3 is 24.7 Å². The van der Waals surface area contributed by atoms with E-state index in [0.29, 0.717) is 30.3 Å². The van der Waals surface area contributed by atoms with Crippen LogP contribution in [0.4, 0.5) is 0 Å². The lowest BCUT2D eigenvalue weighted by Gasteiger charge is -2.39. The number of aromatic nitrogens is 3. The summed E-state index contributed by atoms with van der Waals surface area (Å²) in [5.41, 5.74) is -0.341. The van der Waals surface area contributed by atoms with Gasteiger partial charge in [-0.3, -0.25) is 14.4 Å². The fourth-order valence-electron chi connectivity index (χ4n) is 7.41. The molecule has 4 heterocycles. The van der Waals surface area contributed by atoms with Crippen LogP contribution in [0.15, 0.2) is 67.3 Å². The van der Waals surface area contributed by atoms with Crippen molar-refractivity contribution in [3.05, 3.63) is 72.8 Å². The Hall–Kier alpha value is -4.09. The zero-order chi connectivity index (χ0) is 28.9.